The second-order valence-corrected chi connectivity index (χ2v) is 4.27. The van der Waals surface area contributed by atoms with Gasteiger partial charge in [-0.05, 0) is 34.8 Å². The smallest absolute Gasteiger partial charge is 0.149 e. The minimum atomic E-state index is -0.551. The highest BCUT2D eigenvalue weighted by molar-refractivity contribution is 9.10. The minimum absolute atomic E-state index is 0.320. The summed E-state index contributed by atoms with van der Waals surface area (Å²) in [6.45, 7) is 1.71. The summed E-state index contributed by atoms with van der Waals surface area (Å²) < 4.78 is 26.6. The van der Waals surface area contributed by atoms with Crippen molar-refractivity contribution in [2.24, 2.45) is 0 Å². The van der Waals surface area contributed by atoms with Gasteiger partial charge in [0.05, 0.1) is 10.2 Å². The van der Waals surface area contributed by atoms with Crippen LogP contribution in [0.1, 0.15) is 12.8 Å². The van der Waals surface area contributed by atoms with Gasteiger partial charge < -0.3 is 4.90 Å². The molecule has 2 rings (SSSR count). The molecule has 4 heteroatoms. The third-order valence-corrected chi connectivity index (χ3v) is 3.04. The summed E-state index contributed by atoms with van der Waals surface area (Å²) in [6.07, 6.45) is 2.16. The highest BCUT2D eigenvalue weighted by Gasteiger charge is 2.17. The van der Waals surface area contributed by atoms with Crippen LogP contribution in [0.2, 0.25) is 0 Å². The van der Waals surface area contributed by atoms with E-state index in [0.717, 1.165) is 32.0 Å². The van der Waals surface area contributed by atoms with Crippen molar-refractivity contribution in [2.45, 2.75) is 12.8 Å². The molecule has 1 saturated heterocycles. The van der Waals surface area contributed by atoms with E-state index in [9.17, 15) is 8.78 Å². The van der Waals surface area contributed by atoms with E-state index in [-0.39, 0.29) is 0 Å². The lowest BCUT2D eigenvalue weighted by molar-refractivity contribution is 0.577. The Morgan fingerprint density at radius 3 is 2.36 bits per heavy atom. The summed E-state index contributed by atoms with van der Waals surface area (Å²) in [5.74, 6) is -1.03. The molecule has 14 heavy (non-hydrogen) atoms. The Labute approximate surface area is 89.8 Å². The van der Waals surface area contributed by atoms with Crippen molar-refractivity contribution in [3.8, 4) is 0 Å². The van der Waals surface area contributed by atoms with Crippen LogP contribution in [0.15, 0.2) is 16.6 Å². The third kappa shape index (κ3) is 1.75. The molecule has 0 aliphatic carbocycles. The Morgan fingerprint density at radius 1 is 1.07 bits per heavy atom. The zero-order valence-electron chi connectivity index (χ0n) is 7.56. The molecular weight excluding hydrogens is 252 g/mol. The maximum atomic E-state index is 13.4. The standard InChI is InChI=1S/C10H10BrF2N/c11-7-5-10(9(13)6-8(7)12)14-3-1-2-4-14/h5-6H,1-4H2. The molecule has 0 radical (unpaired) electrons. The van der Waals surface area contributed by atoms with Gasteiger partial charge in [0, 0.05) is 19.2 Å². The zero-order valence-corrected chi connectivity index (χ0v) is 9.15. The predicted molar refractivity (Wildman–Crippen MR) is 55.5 cm³/mol. The molecule has 0 bridgehead atoms. The van der Waals surface area contributed by atoms with Gasteiger partial charge in [-0.3, -0.25) is 0 Å². The van der Waals surface area contributed by atoms with Crippen molar-refractivity contribution in [2.75, 3.05) is 18.0 Å². The van der Waals surface area contributed by atoms with Crippen molar-refractivity contribution in [1.82, 2.24) is 0 Å². The fourth-order valence-electron chi connectivity index (χ4n) is 1.71. The average molecular weight is 262 g/mol. The van der Waals surface area contributed by atoms with Gasteiger partial charge in [-0.25, -0.2) is 8.78 Å². The molecule has 1 aromatic carbocycles. The molecule has 1 nitrogen and oxygen atoms in total. The van der Waals surface area contributed by atoms with Crippen molar-refractivity contribution in [1.29, 1.82) is 0 Å². The van der Waals surface area contributed by atoms with E-state index in [1.807, 2.05) is 4.90 Å². The molecule has 0 amide bonds. The normalized spacial score (nSPS) is 16.4. The maximum Gasteiger partial charge on any atom is 0.149 e. The van der Waals surface area contributed by atoms with Gasteiger partial charge in [0.25, 0.3) is 0 Å². The molecule has 1 fully saturated rings. The predicted octanol–water partition coefficient (Wildman–Crippen LogP) is 3.33. The number of hydrogen-bond acceptors (Lipinski definition) is 1. The van der Waals surface area contributed by atoms with E-state index in [4.69, 9.17) is 0 Å². The molecule has 0 N–H and O–H groups in total. The van der Waals surface area contributed by atoms with E-state index in [0.29, 0.717) is 10.2 Å². The third-order valence-electron chi connectivity index (χ3n) is 2.44. The lowest BCUT2D eigenvalue weighted by Crippen LogP contribution is -2.19. The van der Waals surface area contributed by atoms with Crippen LogP contribution in [0.25, 0.3) is 0 Å². The van der Waals surface area contributed by atoms with Crippen LogP contribution >= 0.6 is 15.9 Å². The first-order valence-corrected chi connectivity index (χ1v) is 5.37. The molecule has 0 atom stereocenters. The average Bonchev–Trinajstić information content (AvgIpc) is 2.64. The lowest BCUT2D eigenvalue weighted by Gasteiger charge is -2.18. The largest absolute Gasteiger partial charge is 0.369 e. The molecule has 1 aliphatic heterocycles. The van der Waals surface area contributed by atoms with Gasteiger partial charge in [-0.2, -0.15) is 0 Å². The van der Waals surface area contributed by atoms with E-state index >= 15 is 0 Å². The van der Waals surface area contributed by atoms with E-state index in [2.05, 4.69) is 15.9 Å². The Bertz CT molecular complexity index is 348. The van der Waals surface area contributed by atoms with Gasteiger partial charge >= 0.3 is 0 Å². The van der Waals surface area contributed by atoms with Crippen LogP contribution in [-0.2, 0) is 0 Å². The van der Waals surface area contributed by atoms with Crippen molar-refractivity contribution in [3.63, 3.8) is 0 Å². The summed E-state index contributed by atoms with van der Waals surface area (Å²) in [6, 6.07) is 2.44. The quantitative estimate of drug-likeness (QED) is 0.702. The maximum absolute atomic E-state index is 13.4. The summed E-state index contributed by atoms with van der Waals surface area (Å²) in [5.41, 5.74) is 0.496. The van der Waals surface area contributed by atoms with Crippen LogP contribution < -0.4 is 4.90 Å². The molecule has 1 aromatic rings. The van der Waals surface area contributed by atoms with Gasteiger partial charge in [0.1, 0.15) is 11.6 Å². The Morgan fingerprint density at radius 2 is 1.71 bits per heavy atom. The van der Waals surface area contributed by atoms with Gasteiger partial charge in [-0.15, -0.1) is 0 Å². The topological polar surface area (TPSA) is 3.24 Å². The monoisotopic (exact) mass is 261 g/mol. The van der Waals surface area contributed by atoms with Gasteiger partial charge in [0.15, 0.2) is 0 Å². The van der Waals surface area contributed by atoms with Gasteiger partial charge in [-0.1, -0.05) is 0 Å². The number of benzene rings is 1. The van der Waals surface area contributed by atoms with Crippen LogP contribution in [0, 0.1) is 11.6 Å². The zero-order chi connectivity index (χ0) is 10.1. The summed E-state index contributed by atoms with van der Waals surface area (Å²) in [4.78, 5) is 1.94. The molecule has 0 spiro atoms. The van der Waals surface area contributed by atoms with Crippen molar-refractivity contribution >= 4 is 21.6 Å². The Hall–Kier alpha value is -0.640. The number of nitrogens with zero attached hydrogens (tertiary/aromatic N) is 1. The summed E-state index contributed by atoms with van der Waals surface area (Å²) in [5, 5.41) is 0. The summed E-state index contributed by atoms with van der Waals surface area (Å²) in [7, 11) is 0. The van der Waals surface area contributed by atoms with Crippen LogP contribution in [0.4, 0.5) is 14.5 Å². The van der Waals surface area contributed by atoms with Gasteiger partial charge in [0.2, 0.25) is 0 Å². The van der Waals surface area contributed by atoms with E-state index < -0.39 is 11.6 Å². The first-order chi connectivity index (χ1) is 6.68. The second-order valence-electron chi connectivity index (χ2n) is 3.41. The molecule has 1 aliphatic rings. The Kier molecular flexibility index (Phi) is 2.72. The molecule has 0 aromatic heterocycles. The highest BCUT2D eigenvalue weighted by atomic mass is 79.9. The number of halogens is 3. The molecule has 76 valence electrons. The number of hydrogen-bond donors (Lipinski definition) is 0. The van der Waals surface area contributed by atoms with E-state index in [1.165, 1.54) is 6.07 Å². The fraction of sp³-hybridized carbons (Fsp3) is 0.400. The molecular formula is C10H10BrF2N. The highest BCUT2D eigenvalue weighted by Crippen LogP contribution is 2.28. The molecule has 0 saturated carbocycles. The Balaban J connectivity index is 2.37. The first-order valence-electron chi connectivity index (χ1n) is 4.58. The van der Waals surface area contributed by atoms with Crippen LogP contribution in [0.5, 0.6) is 0 Å². The second kappa shape index (κ2) is 3.85. The number of anilines is 1. The van der Waals surface area contributed by atoms with Crippen LogP contribution in [-0.4, -0.2) is 13.1 Å². The molecule has 0 unspecified atom stereocenters. The SMILES string of the molecule is Fc1cc(F)c(N2CCCC2)cc1Br. The van der Waals surface area contributed by atoms with E-state index in [1.54, 1.807) is 0 Å². The minimum Gasteiger partial charge on any atom is -0.369 e. The summed E-state index contributed by atoms with van der Waals surface area (Å²) >= 11 is 3.06. The number of rotatable bonds is 1. The fourth-order valence-corrected chi connectivity index (χ4v) is 2.04. The van der Waals surface area contributed by atoms with Crippen molar-refractivity contribution < 1.29 is 8.78 Å². The molecule has 1 heterocycles. The lowest BCUT2D eigenvalue weighted by atomic mass is 10.2. The first kappa shape index (κ1) is 9.90. The van der Waals surface area contributed by atoms with Crippen LogP contribution in [0.3, 0.4) is 0 Å². The van der Waals surface area contributed by atoms with Crippen molar-refractivity contribution in [3.05, 3.63) is 28.2 Å².